The predicted octanol–water partition coefficient (Wildman–Crippen LogP) is 1.74. The summed E-state index contributed by atoms with van der Waals surface area (Å²) in [5.41, 5.74) is 0.0284. The molecule has 0 radical (unpaired) electrons. The van der Waals surface area contributed by atoms with Crippen LogP contribution in [0, 0.1) is 11.3 Å². The first kappa shape index (κ1) is 17.6. The Labute approximate surface area is 126 Å². The van der Waals surface area contributed by atoms with Crippen molar-refractivity contribution in [2.75, 3.05) is 25.4 Å². The van der Waals surface area contributed by atoms with Gasteiger partial charge in [0, 0.05) is 19.7 Å². The van der Waals surface area contributed by atoms with Crippen molar-refractivity contribution >= 4 is 9.84 Å². The van der Waals surface area contributed by atoms with Crippen molar-refractivity contribution in [1.82, 2.24) is 5.32 Å². The third-order valence-corrected chi connectivity index (χ3v) is 4.67. The van der Waals surface area contributed by atoms with Crippen molar-refractivity contribution in [1.29, 1.82) is 5.26 Å². The molecule has 5 nitrogen and oxygen atoms in total. The zero-order valence-electron chi connectivity index (χ0n) is 12.7. The highest BCUT2D eigenvalue weighted by Gasteiger charge is 2.18. The zero-order valence-corrected chi connectivity index (χ0v) is 13.5. The summed E-state index contributed by atoms with van der Waals surface area (Å²) < 4.78 is 29.9. The van der Waals surface area contributed by atoms with E-state index in [0.717, 1.165) is 0 Å². The van der Waals surface area contributed by atoms with E-state index in [2.05, 4.69) is 5.32 Å². The van der Waals surface area contributed by atoms with Crippen molar-refractivity contribution in [3.63, 3.8) is 0 Å². The van der Waals surface area contributed by atoms with Gasteiger partial charge >= 0.3 is 0 Å². The summed E-state index contributed by atoms with van der Waals surface area (Å²) in [5.74, 6) is -0.00983. The number of hydrogen-bond donors (Lipinski definition) is 1. The first-order chi connectivity index (χ1) is 9.80. The van der Waals surface area contributed by atoms with Gasteiger partial charge in [-0.1, -0.05) is 6.07 Å². The van der Waals surface area contributed by atoms with Crippen molar-refractivity contribution in [3.05, 3.63) is 29.8 Å². The van der Waals surface area contributed by atoms with Gasteiger partial charge in [0.2, 0.25) is 0 Å². The van der Waals surface area contributed by atoms with Crippen LogP contribution in [0.25, 0.3) is 0 Å². The third-order valence-electron chi connectivity index (χ3n) is 2.96. The van der Waals surface area contributed by atoms with E-state index in [9.17, 15) is 8.42 Å². The molecule has 1 aromatic rings. The Morgan fingerprint density at radius 2 is 2.10 bits per heavy atom. The molecule has 1 aromatic carbocycles. The molecule has 0 aliphatic rings. The monoisotopic (exact) mass is 310 g/mol. The number of sulfone groups is 1. The topological polar surface area (TPSA) is 79.2 Å². The number of nitrogens with one attached hydrogen (secondary N) is 1. The smallest absolute Gasteiger partial charge is 0.179 e. The molecule has 0 amide bonds. The average Bonchev–Trinajstić information content (AvgIpc) is 2.44. The van der Waals surface area contributed by atoms with E-state index in [1.165, 1.54) is 12.1 Å². The van der Waals surface area contributed by atoms with Gasteiger partial charge in [0.15, 0.2) is 9.84 Å². The number of benzene rings is 1. The summed E-state index contributed by atoms with van der Waals surface area (Å²) in [6.07, 6.45) is 0. The fourth-order valence-electron chi connectivity index (χ4n) is 1.91. The Morgan fingerprint density at radius 3 is 2.71 bits per heavy atom. The third kappa shape index (κ3) is 5.84. The van der Waals surface area contributed by atoms with Gasteiger partial charge in [0.1, 0.15) is 0 Å². The van der Waals surface area contributed by atoms with Crippen LogP contribution in [0.4, 0.5) is 0 Å². The van der Waals surface area contributed by atoms with Crippen molar-refractivity contribution in [3.8, 4) is 6.07 Å². The van der Waals surface area contributed by atoms with Crippen molar-refractivity contribution in [2.24, 2.45) is 0 Å². The van der Waals surface area contributed by atoms with Gasteiger partial charge in [-0.3, -0.25) is 0 Å². The predicted molar refractivity (Wildman–Crippen MR) is 81.8 cm³/mol. The Morgan fingerprint density at radius 1 is 1.38 bits per heavy atom. The van der Waals surface area contributed by atoms with Gasteiger partial charge in [-0.2, -0.15) is 5.26 Å². The molecular weight excluding hydrogens is 288 g/mol. The molecule has 0 unspecified atom stereocenters. The first-order valence-corrected chi connectivity index (χ1v) is 8.53. The molecule has 0 spiro atoms. The molecule has 116 valence electrons. The summed E-state index contributed by atoms with van der Waals surface area (Å²) in [4.78, 5) is 0.187. The molecule has 0 saturated carbocycles. The molecule has 1 rings (SSSR count). The van der Waals surface area contributed by atoms with Crippen LogP contribution in [0.1, 0.15) is 26.3 Å². The maximum absolute atomic E-state index is 12.2. The van der Waals surface area contributed by atoms with E-state index in [1.54, 1.807) is 12.1 Å². The van der Waals surface area contributed by atoms with Gasteiger partial charge in [-0.25, -0.2) is 8.42 Å². The lowest BCUT2D eigenvalue weighted by molar-refractivity contribution is -0.00836. The lowest BCUT2D eigenvalue weighted by Crippen LogP contribution is -2.39. The molecule has 1 N–H and O–H groups in total. The van der Waals surface area contributed by atoms with Gasteiger partial charge in [0.25, 0.3) is 0 Å². The summed E-state index contributed by atoms with van der Waals surface area (Å²) in [5, 5.41) is 11.9. The molecule has 0 fully saturated rings. The highest BCUT2D eigenvalue weighted by molar-refractivity contribution is 7.91. The molecule has 21 heavy (non-hydrogen) atoms. The van der Waals surface area contributed by atoms with Crippen LogP contribution in [-0.4, -0.2) is 39.5 Å². The molecule has 0 atom stereocenters. The van der Waals surface area contributed by atoms with E-state index in [-0.39, 0.29) is 16.2 Å². The summed E-state index contributed by atoms with van der Waals surface area (Å²) in [6.45, 7) is 7.37. The van der Waals surface area contributed by atoms with Gasteiger partial charge in [-0.05, 0) is 39.0 Å². The fraction of sp³-hybridized carbons (Fsp3) is 0.533. The minimum Gasteiger partial charge on any atom is -0.375 e. The molecule has 0 aliphatic carbocycles. The van der Waals surface area contributed by atoms with E-state index in [0.29, 0.717) is 25.3 Å². The Balaban J connectivity index is 2.56. The van der Waals surface area contributed by atoms with Crippen LogP contribution in [0.3, 0.4) is 0 Å². The summed E-state index contributed by atoms with van der Waals surface area (Å²) >= 11 is 0. The molecule has 0 heterocycles. The van der Waals surface area contributed by atoms with Crippen LogP contribution in [0.5, 0.6) is 0 Å². The van der Waals surface area contributed by atoms with Crippen LogP contribution in [0.15, 0.2) is 29.2 Å². The maximum atomic E-state index is 12.2. The van der Waals surface area contributed by atoms with Crippen LogP contribution >= 0.6 is 0 Å². The Bertz CT molecular complexity index is 604. The molecule has 0 saturated heterocycles. The summed E-state index contributed by atoms with van der Waals surface area (Å²) in [6, 6.07) is 8.03. The quantitative estimate of drug-likeness (QED) is 0.740. The number of ether oxygens (including phenoxy) is 1. The number of nitriles is 1. The first-order valence-electron chi connectivity index (χ1n) is 6.88. The van der Waals surface area contributed by atoms with E-state index >= 15 is 0 Å². The second kappa shape index (κ2) is 7.55. The van der Waals surface area contributed by atoms with Gasteiger partial charge in [0.05, 0.1) is 27.9 Å². The lowest BCUT2D eigenvalue weighted by atomic mass is 10.1. The minimum atomic E-state index is -3.38. The molecule has 0 aromatic heterocycles. The molecule has 0 aliphatic heterocycles. The SMILES string of the molecule is CCOC(C)(C)CNCCS(=O)(=O)c1cccc(C#N)c1. The molecule has 6 heteroatoms. The fourth-order valence-corrected chi connectivity index (χ4v) is 3.16. The average molecular weight is 310 g/mol. The van der Waals surface area contributed by atoms with Crippen LogP contribution in [0.2, 0.25) is 0 Å². The number of nitrogens with zero attached hydrogens (tertiary/aromatic N) is 1. The highest BCUT2D eigenvalue weighted by Crippen LogP contribution is 2.13. The van der Waals surface area contributed by atoms with E-state index in [4.69, 9.17) is 10.00 Å². The van der Waals surface area contributed by atoms with E-state index in [1.807, 2.05) is 26.8 Å². The number of rotatable bonds is 8. The van der Waals surface area contributed by atoms with Gasteiger partial charge in [-0.15, -0.1) is 0 Å². The standard InChI is InChI=1S/C15H22N2O3S/c1-4-20-15(2,3)12-17-8-9-21(18,19)14-7-5-6-13(10-14)11-16/h5-7,10,17H,4,8-9,12H2,1-3H3. The lowest BCUT2D eigenvalue weighted by Gasteiger charge is -2.24. The van der Waals surface area contributed by atoms with Crippen LogP contribution < -0.4 is 5.32 Å². The van der Waals surface area contributed by atoms with Crippen LogP contribution in [-0.2, 0) is 14.6 Å². The highest BCUT2D eigenvalue weighted by atomic mass is 32.2. The van der Waals surface area contributed by atoms with Crippen molar-refractivity contribution in [2.45, 2.75) is 31.3 Å². The minimum absolute atomic E-state index is 0.00983. The zero-order chi connectivity index (χ0) is 15.9. The molecule has 0 bridgehead atoms. The molecular formula is C15H22N2O3S. The Hall–Kier alpha value is -1.42. The van der Waals surface area contributed by atoms with E-state index < -0.39 is 9.84 Å². The second-order valence-electron chi connectivity index (χ2n) is 5.33. The van der Waals surface area contributed by atoms with Gasteiger partial charge < -0.3 is 10.1 Å². The second-order valence-corrected chi connectivity index (χ2v) is 7.44. The number of hydrogen-bond acceptors (Lipinski definition) is 5. The Kier molecular flexibility index (Phi) is 6.34. The maximum Gasteiger partial charge on any atom is 0.179 e. The largest absolute Gasteiger partial charge is 0.375 e. The summed E-state index contributed by atoms with van der Waals surface area (Å²) in [7, 11) is -3.38. The van der Waals surface area contributed by atoms with Crippen molar-refractivity contribution < 1.29 is 13.2 Å². The normalized spacial score (nSPS) is 12.1.